The molecule has 0 saturated heterocycles. The highest BCUT2D eigenvalue weighted by molar-refractivity contribution is 5.56. The first-order valence-electron chi connectivity index (χ1n) is 7.14. The summed E-state index contributed by atoms with van der Waals surface area (Å²) in [7, 11) is 0. The number of nitrogens with zero attached hydrogens (tertiary/aromatic N) is 2. The quantitative estimate of drug-likeness (QED) is 0.821. The molecule has 114 valence electrons. The van der Waals surface area contributed by atoms with Crippen molar-refractivity contribution >= 4 is 11.5 Å². The molecule has 0 aromatic carbocycles. The van der Waals surface area contributed by atoms with Gasteiger partial charge >= 0.3 is 5.69 Å². The van der Waals surface area contributed by atoms with Crippen LogP contribution in [-0.2, 0) is 13.1 Å². The molecule has 1 rings (SSSR count). The number of rotatable bonds is 6. The molecule has 1 aromatic rings. The molecule has 6 nitrogen and oxygen atoms in total. The van der Waals surface area contributed by atoms with E-state index in [1.54, 1.807) is 0 Å². The lowest BCUT2D eigenvalue weighted by atomic mass is 10.1. The minimum absolute atomic E-state index is 0.0305. The Labute approximate surface area is 119 Å². The van der Waals surface area contributed by atoms with Gasteiger partial charge in [0.2, 0.25) is 0 Å². The molecule has 6 heteroatoms. The van der Waals surface area contributed by atoms with Gasteiger partial charge in [-0.1, -0.05) is 27.7 Å². The third-order valence-corrected chi connectivity index (χ3v) is 3.36. The summed E-state index contributed by atoms with van der Waals surface area (Å²) in [5, 5.41) is 0. The highest BCUT2D eigenvalue weighted by Gasteiger charge is 2.15. The van der Waals surface area contributed by atoms with Gasteiger partial charge in [-0.05, 0) is 24.7 Å². The molecular weight excluding hydrogens is 256 g/mol. The van der Waals surface area contributed by atoms with Crippen LogP contribution < -0.4 is 22.7 Å². The number of nitrogens with two attached hydrogens (primary N) is 2. The molecule has 20 heavy (non-hydrogen) atoms. The van der Waals surface area contributed by atoms with Crippen LogP contribution in [0.15, 0.2) is 9.59 Å². The largest absolute Gasteiger partial charge is 0.391 e. The zero-order valence-corrected chi connectivity index (χ0v) is 12.8. The van der Waals surface area contributed by atoms with Crippen LogP contribution in [0.25, 0.3) is 0 Å². The first kappa shape index (κ1) is 16.3. The fourth-order valence-electron chi connectivity index (χ4n) is 1.92. The Morgan fingerprint density at radius 3 is 1.80 bits per heavy atom. The van der Waals surface area contributed by atoms with E-state index in [-0.39, 0.29) is 17.2 Å². The second kappa shape index (κ2) is 6.63. The molecular formula is C14H26N4O2. The van der Waals surface area contributed by atoms with Crippen molar-refractivity contribution in [1.29, 1.82) is 0 Å². The van der Waals surface area contributed by atoms with Gasteiger partial charge in [-0.25, -0.2) is 4.79 Å². The van der Waals surface area contributed by atoms with Gasteiger partial charge in [-0.3, -0.25) is 13.9 Å². The summed E-state index contributed by atoms with van der Waals surface area (Å²) >= 11 is 0. The maximum Gasteiger partial charge on any atom is 0.332 e. The lowest BCUT2D eigenvalue weighted by Crippen LogP contribution is -2.42. The summed E-state index contributed by atoms with van der Waals surface area (Å²) in [6.45, 7) is 9.08. The van der Waals surface area contributed by atoms with Crippen LogP contribution in [0.4, 0.5) is 11.5 Å². The molecule has 0 saturated carbocycles. The fourth-order valence-corrected chi connectivity index (χ4v) is 1.92. The van der Waals surface area contributed by atoms with E-state index in [1.165, 1.54) is 9.13 Å². The van der Waals surface area contributed by atoms with Crippen LogP contribution >= 0.6 is 0 Å². The summed E-state index contributed by atoms with van der Waals surface area (Å²) in [5.41, 5.74) is 10.7. The summed E-state index contributed by atoms with van der Waals surface area (Å²) in [6.07, 6.45) is 1.56. The molecule has 0 aliphatic rings. The van der Waals surface area contributed by atoms with E-state index < -0.39 is 5.56 Å². The van der Waals surface area contributed by atoms with Crippen molar-refractivity contribution < 1.29 is 0 Å². The standard InChI is InChI=1S/C14H26N4O2/c1-9(2)5-7-17-12(16)11(15)13(19)18(14(17)20)8-6-10(3)4/h9-10H,5-8,15-16H2,1-4H3. The second-order valence-corrected chi connectivity index (χ2v) is 6.05. The van der Waals surface area contributed by atoms with Crippen molar-refractivity contribution in [2.45, 2.75) is 53.6 Å². The minimum Gasteiger partial charge on any atom is -0.391 e. The van der Waals surface area contributed by atoms with Gasteiger partial charge in [0.15, 0.2) is 0 Å². The van der Waals surface area contributed by atoms with Crippen molar-refractivity contribution in [3.8, 4) is 0 Å². The van der Waals surface area contributed by atoms with Gasteiger partial charge in [0.1, 0.15) is 11.5 Å². The average molecular weight is 282 g/mol. The monoisotopic (exact) mass is 282 g/mol. The second-order valence-electron chi connectivity index (χ2n) is 6.05. The maximum absolute atomic E-state index is 12.4. The molecule has 1 aromatic heterocycles. The lowest BCUT2D eigenvalue weighted by Gasteiger charge is -2.16. The highest BCUT2D eigenvalue weighted by Crippen LogP contribution is 2.10. The molecule has 0 aliphatic heterocycles. The first-order chi connectivity index (χ1) is 9.25. The fraction of sp³-hybridized carbons (Fsp3) is 0.714. The zero-order chi connectivity index (χ0) is 15.4. The number of hydrogen-bond donors (Lipinski definition) is 2. The minimum atomic E-state index is -0.478. The Bertz CT molecular complexity index is 570. The van der Waals surface area contributed by atoms with Gasteiger partial charge in [0, 0.05) is 13.1 Å². The Kier molecular flexibility index (Phi) is 5.42. The number of aromatic nitrogens is 2. The van der Waals surface area contributed by atoms with Crippen LogP contribution in [0.3, 0.4) is 0 Å². The molecule has 0 amide bonds. The van der Waals surface area contributed by atoms with Gasteiger partial charge < -0.3 is 11.5 Å². The normalized spacial score (nSPS) is 11.5. The highest BCUT2D eigenvalue weighted by atomic mass is 16.2. The molecule has 1 heterocycles. The Balaban J connectivity index is 3.24. The number of anilines is 2. The zero-order valence-electron chi connectivity index (χ0n) is 12.8. The predicted molar refractivity (Wildman–Crippen MR) is 82.7 cm³/mol. The van der Waals surface area contributed by atoms with E-state index in [0.29, 0.717) is 24.9 Å². The smallest absolute Gasteiger partial charge is 0.332 e. The van der Waals surface area contributed by atoms with E-state index >= 15 is 0 Å². The van der Waals surface area contributed by atoms with Crippen LogP contribution in [0.5, 0.6) is 0 Å². The molecule has 0 radical (unpaired) electrons. The van der Waals surface area contributed by atoms with Gasteiger partial charge in [-0.2, -0.15) is 0 Å². The lowest BCUT2D eigenvalue weighted by molar-refractivity contribution is 0.457. The summed E-state index contributed by atoms with van der Waals surface area (Å²) in [6, 6.07) is 0. The summed E-state index contributed by atoms with van der Waals surface area (Å²) < 4.78 is 2.61. The summed E-state index contributed by atoms with van der Waals surface area (Å²) in [5.74, 6) is 0.934. The van der Waals surface area contributed by atoms with Crippen molar-refractivity contribution in [2.24, 2.45) is 11.8 Å². The van der Waals surface area contributed by atoms with Crippen molar-refractivity contribution in [3.05, 3.63) is 20.8 Å². The van der Waals surface area contributed by atoms with E-state index in [0.717, 1.165) is 12.8 Å². The van der Waals surface area contributed by atoms with Crippen molar-refractivity contribution in [2.75, 3.05) is 11.5 Å². The SMILES string of the molecule is CC(C)CCn1c(N)c(N)c(=O)n(CCC(C)C)c1=O. The van der Waals surface area contributed by atoms with E-state index in [9.17, 15) is 9.59 Å². The molecule has 0 unspecified atom stereocenters. The van der Waals surface area contributed by atoms with Crippen LogP contribution in [0, 0.1) is 11.8 Å². The first-order valence-corrected chi connectivity index (χ1v) is 7.14. The molecule has 0 spiro atoms. The number of nitrogen functional groups attached to an aromatic ring is 2. The predicted octanol–water partition coefficient (Wildman–Crippen LogP) is 1.27. The van der Waals surface area contributed by atoms with Gasteiger partial charge in [0.05, 0.1) is 0 Å². The molecule has 4 N–H and O–H groups in total. The Hall–Kier alpha value is -1.72. The maximum atomic E-state index is 12.4. The molecule has 0 atom stereocenters. The van der Waals surface area contributed by atoms with Gasteiger partial charge in [0.25, 0.3) is 5.56 Å². The molecule has 0 aliphatic carbocycles. The molecule has 0 bridgehead atoms. The van der Waals surface area contributed by atoms with Crippen molar-refractivity contribution in [1.82, 2.24) is 9.13 Å². The van der Waals surface area contributed by atoms with E-state index in [2.05, 4.69) is 13.8 Å². The third kappa shape index (κ3) is 3.65. The van der Waals surface area contributed by atoms with Crippen LogP contribution in [0.2, 0.25) is 0 Å². The van der Waals surface area contributed by atoms with E-state index in [4.69, 9.17) is 11.5 Å². The average Bonchev–Trinajstić information content (AvgIpc) is 2.35. The van der Waals surface area contributed by atoms with Crippen LogP contribution in [0.1, 0.15) is 40.5 Å². The Morgan fingerprint density at radius 2 is 1.35 bits per heavy atom. The third-order valence-electron chi connectivity index (χ3n) is 3.36. The van der Waals surface area contributed by atoms with Crippen molar-refractivity contribution in [3.63, 3.8) is 0 Å². The summed E-state index contributed by atoms with van der Waals surface area (Å²) in [4.78, 5) is 24.4. The van der Waals surface area contributed by atoms with Gasteiger partial charge in [-0.15, -0.1) is 0 Å². The van der Waals surface area contributed by atoms with E-state index in [1.807, 2.05) is 13.8 Å². The molecule has 0 fully saturated rings. The number of hydrogen-bond acceptors (Lipinski definition) is 4. The Morgan fingerprint density at radius 1 is 0.900 bits per heavy atom. The van der Waals surface area contributed by atoms with Crippen LogP contribution in [-0.4, -0.2) is 9.13 Å². The topological polar surface area (TPSA) is 96.0 Å².